The number of fused-ring (bicyclic) bond motifs is 1. The van der Waals surface area contributed by atoms with Gasteiger partial charge in [0.25, 0.3) is 0 Å². The van der Waals surface area contributed by atoms with Gasteiger partial charge in [0, 0.05) is 24.7 Å². The number of piperazine rings is 1. The van der Waals surface area contributed by atoms with Crippen LogP contribution in [0.25, 0.3) is 11.0 Å². The van der Waals surface area contributed by atoms with Gasteiger partial charge in [0.1, 0.15) is 22.0 Å². The minimum Gasteiger partial charge on any atom is -0.328 e. The molecule has 5 rings (SSSR count). The van der Waals surface area contributed by atoms with Crippen LogP contribution in [0.2, 0.25) is 0 Å². The first-order valence-corrected chi connectivity index (χ1v) is 14.7. The first kappa shape index (κ1) is 24.2. The number of amides is 2. The van der Waals surface area contributed by atoms with E-state index >= 15 is 0 Å². The number of hydrogen-bond acceptors (Lipinski definition) is 9. The van der Waals surface area contributed by atoms with Crippen LogP contribution in [0.5, 0.6) is 0 Å². The van der Waals surface area contributed by atoms with Crippen molar-refractivity contribution in [1.29, 1.82) is 0 Å². The van der Waals surface area contributed by atoms with Gasteiger partial charge in [-0.15, -0.1) is 11.3 Å². The molecule has 10 nitrogen and oxygen atoms in total. The van der Waals surface area contributed by atoms with Crippen molar-refractivity contribution in [3.8, 4) is 0 Å². The van der Waals surface area contributed by atoms with Gasteiger partial charge in [-0.3, -0.25) is 9.59 Å². The highest BCUT2D eigenvalue weighted by Crippen LogP contribution is 2.31. The third-order valence-corrected chi connectivity index (χ3v) is 9.82. The number of carbonyl (C=O) groups is 2. The molecule has 2 aliphatic rings. The molecule has 3 aromatic rings. The van der Waals surface area contributed by atoms with E-state index in [9.17, 15) is 18.0 Å². The summed E-state index contributed by atoms with van der Waals surface area (Å²) in [4.78, 5) is 32.3. The highest BCUT2D eigenvalue weighted by atomic mass is 32.2. The summed E-state index contributed by atoms with van der Waals surface area (Å²) >= 11 is 2.27. The Balaban J connectivity index is 1.35. The van der Waals surface area contributed by atoms with Crippen LogP contribution in [-0.2, 0) is 19.6 Å². The van der Waals surface area contributed by atoms with Gasteiger partial charge in [-0.2, -0.15) is 13.1 Å². The summed E-state index contributed by atoms with van der Waals surface area (Å²) in [6.45, 7) is -0.0677. The Morgan fingerprint density at radius 2 is 2.00 bits per heavy atom. The summed E-state index contributed by atoms with van der Waals surface area (Å²) in [5.74, 6) is -0.285. The Morgan fingerprint density at radius 3 is 2.74 bits per heavy atom. The Kier molecular flexibility index (Phi) is 7.09. The zero-order valence-corrected chi connectivity index (χ0v) is 21.4. The van der Waals surface area contributed by atoms with E-state index in [1.807, 2.05) is 0 Å². The smallest absolute Gasteiger partial charge is 0.248 e. The molecule has 35 heavy (non-hydrogen) atoms. The molecule has 2 amide bonds. The van der Waals surface area contributed by atoms with Crippen LogP contribution >= 0.6 is 23.1 Å². The normalized spacial score (nSPS) is 19.2. The van der Waals surface area contributed by atoms with E-state index in [0.29, 0.717) is 28.5 Å². The van der Waals surface area contributed by atoms with Crippen LogP contribution in [0.4, 0.5) is 5.13 Å². The first-order valence-electron chi connectivity index (χ1n) is 11.6. The van der Waals surface area contributed by atoms with Gasteiger partial charge >= 0.3 is 0 Å². The summed E-state index contributed by atoms with van der Waals surface area (Å²) in [5.41, 5.74) is 0.817. The number of hydrogen-bond donors (Lipinski definition) is 1. The van der Waals surface area contributed by atoms with Gasteiger partial charge in [0.2, 0.25) is 21.8 Å². The van der Waals surface area contributed by atoms with Crippen LogP contribution < -0.4 is 5.32 Å². The summed E-state index contributed by atoms with van der Waals surface area (Å²) < 4.78 is 36.2. The largest absolute Gasteiger partial charge is 0.328 e. The summed E-state index contributed by atoms with van der Waals surface area (Å²) in [6.07, 6.45) is 7.71. The average Bonchev–Trinajstić information content (AvgIpc) is 3.55. The number of rotatable bonds is 7. The van der Waals surface area contributed by atoms with E-state index < -0.39 is 16.1 Å². The average molecular weight is 535 g/mol. The number of nitrogens with zero attached hydrogens (tertiary/aromatic N) is 5. The highest BCUT2D eigenvalue weighted by Gasteiger charge is 2.39. The minimum atomic E-state index is -3.95. The van der Waals surface area contributed by atoms with Crippen molar-refractivity contribution in [3.05, 3.63) is 29.8 Å². The molecule has 1 atom stereocenters. The third kappa shape index (κ3) is 5.08. The lowest BCUT2D eigenvalue weighted by molar-refractivity contribution is -0.142. The number of benzene rings is 1. The molecule has 2 fully saturated rings. The first-order chi connectivity index (χ1) is 16.9. The zero-order chi connectivity index (χ0) is 24.4. The quantitative estimate of drug-likeness (QED) is 0.494. The second-order valence-corrected chi connectivity index (χ2v) is 12.2. The standard InChI is InChI=1S/C22H26N6O4S3/c29-19-14-27(35(31,32)18-8-4-7-16-20(18)26-34-25-16)10-11-28(19)17(13-15-5-2-1-3-6-15)21(30)24-22-23-9-12-33-22/h4,7-9,12,15,17H,1-3,5-6,10-11,13-14H2,(H,23,24,30). The molecule has 1 saturated carbocycles. The minimum absolute atomic E-state index is 0.0465. The van der Waals surface area contributed by atoms with Gasteiger partial charge < -0.3 is 10.2 Å². The molecule has 186 valence electrons. The molecule has 0 bridgehead atoms. The van der Waals surface area contributed by atoms with Gasteiger partial charge in [0.05, 0.1) is 18.3 Å². The van der Waals surface area contributed by atoms with E-state index in [4.69, 9.17) is 0 Å². The van der Waals surface area contributed by atoms with Crippen molar-refractivity contribution < 1.29 is 18.0 Å². The number of carbonyl (C=O) groups excluding carboxylic acids is 2. The van der Waals surface area contributed by atoms with Gasteiger partial charge in [-0.1, -0.05) is 38.2 Å². The Morgan fingerprint density at radius 1 is 1.17 bits per heavy atom. The van der Waals surface area contributed by atoms with Crippen LogP contribution in [0.15, 0.2) is 34.7 Å². The fraction of sp³-hybridized carbons (Fsp3) is 0.500. The molecule has 1 N–H and O–H groups in total. The maximum atomic E-state index is 13.4. The molecule has 1 aliphatic heterocycles. The molecule has 3 heterocycles. The number of nitrogens with one attached hydrogen (secondary N) is 1. The summed E-state index contributed by atoms with van der Waals surface area (Å²) in [5, 5.41) is 5.11. The Labute approximate surface area is 211 Å². The fourth-order valence-corrected chi connectivity index (χ4v) is 7.58. The number of thiazole rings is 1. The molecular weight excluding hydrogens is 508 g/mol. The lowest BCUT2D eigenvalue weighted by atomic mass is 9.84. The van der Waals surface area contributed by atoms with Crippen molar-refractivity contribution >= 4 is 61.1 Å². The van der Waals surface area contributed by atoms with Gasteiger partial charge in [-0.05, 0) is 24.5 Å². The maximum Gasteiger partial charge on any atom is 0.248 e. The molecule has 0 spiro atoms. The van der Waals surface area contributed by atoms with Crippen LogP contribution in [-0.4, -0.2) is 68.8 Å². The predicted molar refractivity (Wildman–Crippen MR) is 134 cm³/mol. The molecule has 0 radical (unpaired) electrons. The van der Waals surface area contributed by atoms with Crippen LogP contribution in [0, 0.1) is 5.92 Å². The molecule has 13 heteroatoms. The molecule has 1 aromatic carbocycles. The van der Waals surface area contributed by atoms with E-state index in [2.05, 4.69) is 19.0 Å². The lowest BCUT2D eigenvalue weighted by Gasteiger charge is -2.39. The van der Waals surface area contributed by atoms with E-state index in [-0.39, 0.29) is 36.3 Å². The van der Waals surface area contributed by atoms with E-state index in [1.165, 1.54) is 28.1 Å². The molecule has 1 saturated heterocycles. The molecule has 1 unspecified atom stereocenters. The van der Waals surface area contributed by atoms with Crippen LogP contribution in [0.3, 0.4) is 0 Å². The molecule has 2 aromatic heterocycles. The monoisotopic (exact) mass is 534 g/mol. The second-order valence-electron chi connectivity index (χ2n) is 8.90. The van der Waals surface area contributed by atoms with Crippen molar-refractivity contribution in [2.75, 3.05) is 25.0 Å². The highest BCUT2D eigenvalue weighted by molar-refractivity contribution is 7.89. The van der Waals surface area contributed by atoms with Gasteiger partial charge in [0.15, 0.2) is 5.13 Å². The van der Waals surface area contributed by atoms with Gasteiger partial charge in [-0.25, -0.2) is 13.4 Å². The number of aromatic nitrogens is 3. The molecule has 1 aliphatic carbocycles. The molecular formula is C22H26N6O4S3. The Bertz CT molecular complexity index is 1300. The fourth-order valence-electron chi connectivity index (χ4n) is 4.92. The van der Waals surface area contributed by atoms with Crippen molar-refractivity contribution in [1.82, 2.24) is 22.9 Å². The van der Waals surface area contributed by atoms with Crippen molar-refractivity contribution in [3.63, 3.8) is 0 Å². The second kappa shape index (κ2) is 10.2. The summed E-state index contributed by atoms with van der Waals surface area (Å²) in [7, 11) is -3.95. The number of sulfonamides is 1. The third-order valence-electron chi connectivity index (χ3n) is 6.71. The van der Waals surface area contributed by atoms with E-state index in [1.54, 1.807) is 28.6 Å². The summed E-state index contributed by atoms with van der Waals surface area (Å²) in [6, 6.07) is 4.16. The lowest BCUT2D eigenvalue weighted by Crippen LogP contribution is -2.58. The van der Waals surface area contributed by atoms with Crippen LogP contribution in [0.1, 0.15) is 38.5 Å². The zero-order valence-electron chi connectivity index (χ0n) is 19.0. The predicted octanol–water partition coefficient (Wildman–Crippen LogP) is 2.96. The maximum absolute atomic E-state index is 13.4. The van der Waals surface area contributed by atoms with E-state index in [0.717, 1.165) is 37.4 Å². The topological polar surface area (TPSA) is 125 Å². The van der Waals surface area contributed by atoms with Crippen molar-refractivity contribution in [2.24, 2.45) is 5.92 Å². The van der Waals surface area contributed by atoms with Crippen molar-refractivity contribution in [2.45, 2.75) is 49.5 Å². The SMILES string of the molecule is O=C(Nc1nccs1)C(CC1CCCCC1)N1CCN(S(=O)(=O)c2cccc3nsnc23)CC1=O. The Hall–Kier alpha value is -2.48. The number of anilines is 1.